The fourth-order valence-corrected chi connectivity index (χ4v) is 3.73. The van der Waals surface area contributed by atoms with Crippen LogP contribution in [0.25, 0.3) is 6.08 Å². The molecule has 1 atom stereocenters. The number of nitrogens with one attached hydrogen (secondary N) is 1. The smallest absolute Gasteiger partial charge is 0.416 e. The van der Waals surface area contributed by atoms with Gasteiger partial charge < -0.3 is 9.47 Å². The maximum Gasteiger partial charge on any atom is 0.416 e. The van der Waals surface area contributed by atoms with Crippen LogP contribution in [0.4, 0.5) is 36.4 Å². The Morgan fingerprint density at radius 3 is 2.29 bits per heavy atom. The molecule has 0 spiro atoms. The van der Waals surface area contributed by atoms with Crippen molar-refractivity contribution in [2.75, 3.05) is 12.1 Å². The summed E-state index contributed by atoms with van der Waals surface area (Å²) in [6, 6.07) is 10.6. The maximum atomic E-state index is 13.8. The lowest BCUT2D eigenvalue weighted by molar-refractivity contribution is -0.144. The van der Waals surface area contributed by atoms with Gasteiger partial charge in [0.15, 0.2) is 17.5 Å². The van der Waals surface area contributed by atoms with E-state index in [2.05, 4.69) is 0 Å². The summed E-state index contributed by atoms with van der Waals surface area (Å²) in [7, 11) is 1.36. The number of carbonyl (C=O) groups is 1. The molecule has 1 heterocycles. The molecule has 0 bridgehead atoms. The summed E-state index contributed by atoms with van der Waals surface area (Å²) in [4.78, 5) is 13.0. The summed E-state index contributed by atoms with van der Waals surface area (Å²) in [5.41, 5.74) is 0.471. The third-order valence-electron chi connectivity index (χ3n) is 5.60. The molecule has 1 saturated heterocycles. The van der Waals surface area contributed by atoms with Crippen LogP contribution in [-0.4, -0.2) is 25.2 Å². The second kappa shape index (κ2) is 10.4. The molecule has 0 saturated carbocycles. The van der Waals surface area contributed by atoms with E-state index >= 15 is 0 Å². The van der Waals surface area contributed by atoms with Crippen LogP contribution in [0.1, 0.15) is 16.7 Å². The van der Waals surface area contributed by atoms with Gasteiger partial charge in [0.05, 0.1) is 18.4 Å². The Morgan fingerprint density at radius 1 is 0.947 bits per heavy atom. The van der Waals surface area contributed by atoms with Crippen molar-refractivity contribution in [3.63, 3.8) is 0 Å². The van der Waals surface area contributed by atoms with Gasteiger partial charge in [-0.25, -0.2) is 14.8 Å². The highest BCUT2D eigenvalue weighted by Gasteiger charge is 2.51. The minimum atomic E-state index is -4.94. The van der Waals surface area contributed by atoms with Crippen LogP contribution in [-0.2, 0) is 17.6 Å². The quantitative estimate of drug-likeness (QED) is 0.295. The summed E-state index contributed by atoms with van der Waals surface area (Å²) < 4.78 is 105. The van der Waals surface area contributed by atoms with Crippen molar-refractivity contribution in [3.8, 4) is 11.5 Å². The van der Waals surface area contributed by atoms with Gasteiger partial charge in [0.2, 0.25) is 0 Å². The Bertz CT molecular complexity index is 1350. The number of amides is 1. The largest absolute Gasteiger partial charge is 0.493 e. The minimum absolute atomic E-state index is 0.00828. The number of alkyl halides is 6. The van der Waals surface area contributed by atoms with Crippen molar-refractivity contribution >= 4 is 17.7 Å². The Hall–Kier alpha value is -4.06. The van der Waals surface area contributed by atoms with Crippen molar-refractivity contribution < 1.29 is 45.0 Å². The zero-order chi connectivity index (χ0) is 27.7. The van der Waals surface area contributed by atoms with Crippen LogP contribution in [0.5, 0.6) is 11.5 Å². The summed E-state index contributed by atoms with van der Waals surface area (Å²) in [5.74, 6) is -1.21. The van der Waals surface area contributed by atoms with Gasteiger partial charge in [-0.1, -0.05) is 24.3 Å². The number of hydrazine groups is 1. The van der Waals surface area contributed by atoms with Gasteiger partial charge in [-0.15, -0.1) is 0 Å². The molecule has 0 radical (unpaired) electrons. The highest BCUT2D eigenvalue weighted by Crippen LogP contribution is 2.37. The lowest BCUT2D eigenvalue weighted by Crippen LogP contribution is -2.44. The number of methoxy groups -OCH3 is 1. The van der Waals surface area contributed by atoms with Crippen molar-refractivity contribution in [1.29, 1.82) is 0 Å². The normalized spacial score (nSPS) is 17.3. The minimum Gasteiger partial charge on any atom is -0.493 e. The third-order valence-corrected chi connectivity index (χ3v) is 5.60. The van der Waals surface area contributed by atoms with E-state index in [4.69, 9.17) is 9.47 Å². The van der Waals surface area contributed by atoms with E-state index in [-0.39, 0.29) is 23.7 Å². The first-order valence-electron chi connectivity index (χ1n) is 11.0. The Labute approximate surface area is 212 Å². The van der Waals surface area contributed by atoms with Gasteiger partial charge in [-0.05, 0) is 59.7 Å². The molecule has 1 unspecified atom stereocenters. The fraction of sp³-hybridized carbons (Fsp3) is 0.192. The van der Waals surface area contributed by atoms with Crippen LogP contribution in [0.15, 0.2) is 72.3 Å². The fourth-order valence-electron chi connectivity index (χ4n) is 3.73. The first-order chi connectivity index (χ1) is 17.9. The van der Waals surface area contributed by atoms with Crippen molar-refractivity contribution in [3.05, 3.63) is 94.8 Å². The molecule has 200 valence electrons. The lowest BCUT2D eigenvalue weighted by Gasteiger charge is -2.20. The van der Waals surface area contributed by atoms with E-state index in [1.807, 2.05) is 5.43 Å². The Morgan fingerprint density at radius 2 is 1.66 bits per heavy atom. The number of ether oxygens (including phenoxy) is 2. The molecule has 0 aromatic heterocycles. The molecule has 5 nitrogen and oxygen atoms in total. The summed E-state index contributed by atoms with van der Waals surface area (Å²) in [6.07, 6.45) is -8.72. The number of hydrogen-bond acceptors (Lipinski definition) is 4. The average molecular weight is 540 g/mol. The Kier molecular flexibility index (Phi) is 7.36. The molecule has 3 aromatic carbocycles. The highest BCUT2D eigenvalue weighted by molar-refractivity contribution is 6.11. The molecular weight excluding hydrogens is 521 g/mol. The zero-order valence-corrected chi connectivity index (χ0v) is 19.5. The first kappa shape index (κ1) is 27.0. The number of hydrogen-bond donors (Lipinski definition) is 1. The van der Waals surface area contributed by atoms with Crippen LogP contribution in [0.2, 0.25) is 0 Å². The van der Waals surface area contributed by atoms with Gasteiger partial charge in [0, 0.05) is 5.57 Å². The van der Waals surface area contributed by atoms with Gasteiger partial charge in [0.1, 0.15) is 12.4 Å². The second-order valence-electron chi connectivity index (χ2n) is 8.22. The number of carbonyl (C=O) groups excluding carboxylic acids is 1. The first-order valence-corrected chi connectivity index (χ1v) is 11.0. The molecular formula is C26H19F7N2O3. The van der Waals surface area contributed by atoms with Gasteiger partial charge in [-0.3, -0.25) is 4.79 Å². The third kappa shape index (κ3) is 5.91. The van der Waals surface area contributed by atoms with E-state index in [1.54, 1.807) is 0 Å². The molecule has 0 aliphatic carbocycles. The summed E-state index contributed by atoms with van der Waals surface area (Å²) >= 11 is 0. The predicted octanol–water partition coefficient (Wildman–Crippen LogP) is 6.30. The van der Waals surface area contributed by atoms with E-state index in [0.29, 0.717) is 16.6 Å². The van der Waals surface area contributed by atoms with Crippen molar-refractivity contribution in [2.24, 2.45) is 0 Å². The van der Waals surface area contributed by atoms with Crippen LogP contribution >= 0.6 is 0 Å². The zero-order valence-electron chi connectivity index (χ0n) is 19.5. The van der Waals surface area contributed by atoms with E-state index in [0.717, 1.165) is 24.3 Å². The molecule has 1 fully saturated rings. The van der Waals surface area contributed by atoms with Gasteiger partial charge in [0.25, 0.3) is 5.91 Å². The van der Waals surface area contributed by atoms with E-state index in [1.165, 1.54) is 49.6 Å². The molecule has 12 heteroatoms. The van der Waals surface area contributed by atoms with Crippen LogP contribution < -0.4 is 19.9 Å². The van der Waals surface area contributed by atoms with Gasteiger partial charge in [-0.2, -0.15) is 26.3 Å². The molecule has 1 aliphatic heterocycles. The molecule has 4 rings (SSSR count). The molecule has 1 N–H and O–H groups in total. The monoisotopic (exact) mass is 540 g/mol. The molecule has 1 aliphatic rings. The maximum absolute atomic E-state index is 13.8. The average Bonchev–Trinajstić information content (AvgIpc) is 3.19. The molecule has 3 aromatic rings. The second-order valence-corrected chi connectivity index (χ2v) is 8.22. The number of rotatable bonds is 6. The topological polar surface area (TPSA) is 50.8 Å². The number of nitrogens with zero attached hydrogens (tertiary/aromatic N) is 1. The van der Waals surface area contributed by atoms with Crippen LogP contribution in [0, 0.1) is 5.82 Å². The standard InChI is InChI=1S/C26H19F7N2O3/c1-37-21-10-7-16(12-22(21)38-14-15-5-8-18(27)9-6-15)11-20-23(26(31,32)33)34-35(24(20)36)19-4-2-3-17(13-19)25(28,29)30/h2-13,23,34H,14H2,1H3/b20-11-. The number of halogens is 7. The Balaban J connectivity index is 1.66. The van der Waals surface area contributed by atoms with Crippen LogP contribution in [0.3, 0.4) is 0 Å². The predicted molar refractivity (Wildman–Crippen MR) is 124 cm³/mol. The number of benzene rings is 3. The number of anilines is 1. The van der Waals surface area contributed by atoms with Crippen molar-refractivity contribution in [1.82, 2.24) is 5.43 Å². The molecule has 38 heavy (non-hydrogen) atoms. The van der Waals surface area contributed by atoms with E-state index < -0.39 is 46.9 Å². The highest BCUT2D eigenvalue weighted by atomic mass is 19.4. The molecule has 1 amide bonds. The van der Waals surface area contributed by atoms with Gasteiger partial charge >= 0.3 is 12.4 Å². The summed E-state index contributed by atoms with van der Waals surface area (Å²) in [6.45, 7) is -0.00828. The summed E-state index contributed by atoms with van der Waals surface area (Å²) in [5, 5.41) is 0.439. The lowest BCUT2D eigenvalue weighted by atomic mass is 10.0. The van der Waals surface area contributed by atoms with Crippen molar-refractivity contribution in [2.45, 2.75) is 25.0 Å². The SMILES string of the molecule is COc1ccc(/C=C2\C(=O)N(c3cccc(C(F)(F)F)c3)NC2C(F)(F)F)cc1OCc1ccc(F)cc1. The van der Waals surface area contributed by atoms with E-state index in [9.17, 15) is 35.5 Å².